The van der Waals surface area contributed by atoms with Crippen molar-refractivity contribution in [1.82, 2.24) is 5.32 Å². The summed E-state index contributed by atoms with van der Waals surface area (Å²) in [7, 11) is 1.28. The fourth-order valence-electron chi connectivity index (χ4n) is 4.94. The third-order valence-electron chi connectivity index (χ3n) is 6.48. The van der Waals surface area contributed by atoms with E-state index in [9.17, 15) is 14.4 Å². The largest absolute Gasteiger partial charge is 0.468 e. The van der Waals surface area contributed by atoms with Crippen LogP contribution in [-0.4, -0.2) is 30.9 Å². The van der Waals surface area contributed by atoms with E-state index >= 15 is 0 Å². The molecule has 0 aromatic heterocycles. The Kier molecular flexibility index (Phi) is 7.29. The quantitative estimate of drug-likeness (QED) is 0.449. The fourth-order valence-corrected chi connectivity index (χ4v) is 4.94. The molecule has 0 saturated heterocycles. The molecule has 2 aromatic carbocycles. The van der Waals surface area contributed by atoms with Gasteiger partial charge in [-0.3, -0.25) is 9.59 Å². The van der Waals surface area contributed by atoms with Crippen LogP contribution in [0.2, 0.25) is 0 Å². The summed E-state index contributed by atoms with van der Waals surface area (Å²) < 4.78 is 16.6. The van der Waals surface area contributed by atoms with Gasteiger partial charge in [-0.05, 0) is 62.9 Å². The molecule has 1 aliphatic heterocycles. The van der Waals surface area contributed by atoms with Crippen molar-refractivity contribution in [2.45, 2.75) is 46.1 Å². The van der Waals surface area contributed by atoms with Gasteiger partial charge in [0.15, 0.2) is 5.78 Å². The average molecular weight is 490 g/mol. The van der Waals surface area contributed by atoms with Crippen LogP contribution in [-0.2, 0) is 23.9 Å². The van der Waals surface area contributed by atoms with Crippen molar-refractivity contribution in [2.75, 3.05) is 7.11 Å². The molecule has 1 aliphatic carbocycles. The molecular weight excluding hydrogens is 458 g/mol. The predicted molar refractivity (Wildman–Crippen MR) is 134 cm³/mol. The highest BCUT2D eigenvalue weighted by Crippen LogP contribution is 2.46. The first-order valence-corrected chi connectivity index (χ1v) is 12.1. The van der Waals surface area contributed by atoms with E-state index in [1.807, 2.05) is 61.5 Å². The Bertz CT molecular complexity index is 1240. The van der Waals surface area contributed by atoms with Crippen LogP contribution in [0.1, 0.15) is 45.6 Å². The highest BCUT2D eigenvalue weighted by atomic mass is 16.5. The molecule has 0 bridgehead atoms. The van der Waals surface area contributed by atoms with Crippen molar-refractivity contribution in [3.63, 3.8) is 0 Å². The number of carbonyl (C=O) groups is 3. The highest BCUT2D eigenvalue weighted by molar-refractivity contribution is 6.12. The van der Waals surface area contributed by atoms with Gasteiger partial charge in [0.2, 0.25) is 0 Å². The molecule has 7 nitrogen and oxygen atoms in total. The molecule has 0 radical (unpaired) electrons. The summed E-state index contributed by atoms with van der Waals surface area (Å²) in [6, 6.07) is 16.7. The second-order valence-electron chi connectivity index (χ2n) is 9.48. The number of hydrogen-bond acceptors (Lipinski definition) is 7. The molecule has 2 aromatic rings. The maximum absolute atomic E-state index is 13.8. The molecule has 7 heteroatoms. The lowest BCUT2D eigenvalue weighted by Gasteiger charge is -2.38. The summed E-state index contributed by atoms with van der Waals surface area (Å²) >= 11 is 0. The number of ether oxygens (including phenoxy) is 3. The van der Waals surface area contributed by atoms with Crippen LogP contribution in [0.5, 0.6) is 11.5 Å². The molecule has 0 spiro atoms. The Morgan fingerprint density at radius 3 is 2.39 bits per heavy atom. The molecule has 36 heavy (non-hydrogen) atoms. The Balaban J connectivity index is 1.83. The number of benzene rings is 2. The lowest BCUT2D eigenvalue weighted by atomic mass is 9.69. The van der Waals surface area contributed by atoms with E-state index in [0.29, 0.717) is 46.0 Å². The third kappa shape index (κ3) is 4.91. The van der Waals surface area contributed by atoms with E-state index in [2.05, 4.69) is 5.32 Å². The second-order valence-corrected chi connectivity index (χ2v) is 9.48. The number of nitrogens with one attached hydrogen (secondary N) is 1. The SMILES string of the molecule is COC(=O)[C@@H]1C(=O)C2=C(C[C@@H]1C)NC(C)=C(C(=O)OC(C)C)[C@H]2c1cccc(Oc2ccccc2)c1. The minimum atomic E-state index is -0.942. The van der Waals surface area contributed by atoms with E-state index < -0.39 is 23.8 Å². The van der Waals surface area contributed by atoms with Gasteiger partial charge >= 0.3 is 11.9 Å². The Hall–Kier alpha value is -3.87. The van der Waals surface area contributed by atoms with Crippen molar-refractivity contribution in [2.24, 2.45) is 11.8 Å². The van der Waals surface area contributed by atoms with Crippen LogP contribution in [0.4, 0.5) is 0 Å². The highest BCUT2D eigenvalue weighted by Gasteiger charge is 2.47. The first kappa shape index (κ1) is 25.2. The molecule has 4 rings (SSSR count). The Morgan fingerprint density at radius 2 is 1.72 bits per heavy atom. The van der Waals surface area contributed by atoms with Crippen LogP contribution in [0.25, 0.3) is 0 Å². The van der Waals surface area contributed by atoms with Gasteiger partial charge < -0.3 is 19.5 Å². The van der Waals surface area contributed by atoms with E-state index in [1.165, 1.54) is 7.11 Å². The minimum absolute atomic E-state index is 0.249. The normalized spacial score (nSPS) is 21.6. The predicted octanol–water partition coefficient (Wildman–Crippen LogP) is 5.04. The van der Waals surface area contributed by atoms with E-state index in [-0.39, 0.29) is 17.8 Å². The van der Waals surface area contributed by atoms with Crippen LogP contribution >= 0.6 is 0 Å². The van der Waals surface area contributed by atoms with E-state index in [0.717, 1.165) is 0 Å². The number of hydrogen-bond donors (Lipinski definition) is 1. The van der Waals surface area contributed by atoms with E-state index in [4.69, 9.17) is 14.2 Å². The molecule has 3 atom stereocenters. The van der Waals surface area contributed by atoms with Crippen LogP contribution in [0.3, 0.4) is 0 Å². The summed E-state index contributed by atoms with van der Waals surface area (Å²) in [6.45, 7) is 7.22. The molecule has 0 unspecified atom stereocenters. The first-order chi connectivity index (χ1) is 17.2. The third-order valence-corrected chi connectivity index (χ3v) is 6.48. The topological polar surface area (TPSA) is 90.9 Å². The van der Waals surface area contributed by atoms with Gasteiger partial charge in [-0.2, -0.15) is 0 Å². The molecule has 188 valence electrons. The number of esters is 2. The standard InChI is InChI=1S/C29H31NO6/c1-16(2)35-29(33)24-18(4)30-22-14-17(3)23(28(32)34-5)27(31)26(22)25(24)19-10-9-13-21(15-19)36-20-11-7-6-8-12-20/h6-13,15-17,23,25,30H,14H2,1-5H3/t17-,23-,25+/m0/s1. The van der Waals surface area contributed by atoms with Crippen LogP contribution in [0, 0.1) is 11.8 Å². The van der Waals surface area contributed by atoms with Gasteiger partial charge in [0, 0.05) is 22.9 Å². The maximum atomic E-state index is 13.8. The van der Waals surface area contributed by atoms with Crippen molar-refractivity contribution in [3.05, 3.63) is 82.7 Å². The summed E-state index contributed by atoms with van der Waals surface area (Å²) in [5.74, 6) is -2.11. The minimum Gasteiger partial charge on any atom is -0.468 e. The zero-order valence-corrected chi connectivity index (χ0v) is 21.2. The smallest absolute Gasteiger partial charge is 0.337 e. The number of rotatable bonds is 6. The molecule has 0 amide bonds. The second kappa shape index (κ2) is 10.4. The molecule has 2 aliphatic rings. The van der Waals surface area contributed by atoms with Gasteiger partial charge in [0.25, 0.3) is 0 Å². The fraction of sp³-hybridized carbons (Fsp3) is 0.345. The zero-order chi connectivity index (χ0) is 26.0. The van der Waals surface area contributed by atoms with Crippen molar-refractivity contribution >= 4 is 17.7 Å². The summed E-state index contributed by atoms with van der Waals surface area (Å²) in [5, 5.41) is 3.27. The van der Waals surface area contributed by atoms with Gasteiger partial charge in [-0.1, -0.05) is 37.3 Å². The first-order valence-electron chi connectivity index (χ1n) is 12.1. The zero-order valence-electron chi connectivity index (χ0n) is 21.2. The number of methoxy groups -OCH3 is 1. The number of ketones is 1. The molecule has 0 fully saturated rings. The van der Waals surface area contributed by atoms with Crippen molar-refractivity contribution < 1.29 is 28.6 Å². The number of carbonyl (C=O) groups excluding carboxylic acids is 3. The molecule has 1 heterocycles. The van der Waals surface area contributed by atoms with Gasteiger partial charge in [-0.15, -0.1) is 0 Å². The lowest BCUT2D eigenvalue weighted by molar-refractivity contribution is -0.151. The van der Waals surface area contributed by atoms with Gasteiger partial charge in [0.1, 0.15) is 17.4 Å². The number of dihydropyridines is 1. The van der Waals surface area contributed by atoms with Gasteiger partial charge in [0.05, 0.1) is 18.8 Å². The molecule has 0 saturated carbocycles. The summed E-state index contributed by atoms with van der Waals surface area (Å²) in [5.41, 5.74) is 2.76. The van der Waals surface area contributed by atoms with Crippen LogP contribution in [0.15, 0.2) is 77.1 Å². The Labute approximate surface area is 211 Å². The van der Waals surface area contributed by atoms with E-state index in [1.54, 1.807) is 20.8 Å². The average Bonchev–Trinajstić information content (AvgIpc) is 2.83. The monoisotopic (exact) mass is 489 g/mol. The Morgan fingerprint density at radius 1 is 1.03 bits per heavy atom. The van der Waals surface area contributed by atoms with Crippen molar-refractivity contribution in [1.29, 1.82) is 0 Å². The number of Topliss-reactive ketones (excluding diaryl/α,β-unsaturated/α-hetero) is 1. The number of para-hydroxylation sites is 1. The summed E-state index contributed by atoms with van der Waals surface area (Å²) in [4.78, 5) is 39.7. The van der Waals surface area contributed by atoms with Crippen LogP contribution < -0.4 is 10.1 Å². The lowest BCUT2D eigenvalue weighted by Crippen LogP contribution is -2.43. The molecule has 1 N–H and O–H groups in total. The van der Waals surface area contributed by atoms with Crippen molar-refractivity contribution in [3.8, 4) is 11.5 Å². The maximum Gasteiger partial charge on any atom is 0.337 e. The summed E-state index contributed by atoms with van der Waals surface area (Å²) in [6.07, 6.45) is 0.132. The van der Waals surface area contributed by atoms with Gasteiger partial charge in [-0.25, -0.2) is 4.79 Å². The molecular formula is C29H31NO6. The number of allylic oxidation sites excluding steroid dienone is 3.